The van der Waals surface area contributed by atoms with Crippen molar-refractivity contribution in [3.05, 3.63) is 83.2 Å². The van der Waals surface area contributed by atoms with Crippen molar-refractivity contribution in [3.8, 4) is 11.5 Å². The van der Waals surface area contributed by atoms with Crippen molar-refractivity contribution >= 4 is 34.7 Å². The summed E-state index contributed by atoms with van der Waals surface area (Å²) in [4.78, 5) is 16.1. The van der Waals surface area contributed by atoms with Crippen LogP contribution in [0.2, 0.25) is 0 Å². The first-order chi connectivity index (χ1) is 18.9. The van der Waals surface area contributed by atoms with Crippen LogP contribution in [-0.4, -0.2) is 35.0 Å². The smallest absolute Gasteiger partial charge is 0.344 e. The second kappa shape index (κ2) is 12.7. The minimum atomic E-state index is -0.700. The molecule has 0 radical (unpaired) electrons. The van der Waals surface area contributed by atoms with Crippen molar-refractivity contribution in [1.82, 2.24) is 10.4 Å². The summed E-state index contributed by atoms with van der Waals surface area (Å²) in [7, 11) is 0. The lowest BCUT2D eigenvalue weighted by Crippen LogP contribution is -2.38. The summed E-state index contributed by atoms with van der Waals surface area (Å²) < 4.78 is 17.1. The second-order valence-corrected chi connectivity index (χ2v) is 9.69. The fraction of sp³-hybridized carbons (Fsp3) is 0.333. The van der Waals surface area contributed by atoms with Gasteiger partial charge in [-0.1, -0.05) is 38.1 Å². The van der Waals surface area contributed by atoms with Gasteiger partial charge in [-0.3, -0.25) is 10.4 Å². The van der Waals surface area contributed by atoms with Crippen molar-refractivity contribution in [2.24, 2.45) is 5.10 Å². The summed E-state index contributed by atoms with van der Waals surface area (Å²) >= 11 is 5.64. The number of nitrogens with zero attached hydrogens (tertiary/aromatic N) is 2. The molecule has 0 bridgehead atoms. The third-order valence-electron chi connectivity index (χ3n) is 6.57. The Morgan fingerprint density at radius 2 is 1.90 bits per heavy atom. The van der Waals surface area contributed by atoms with E-state index in [9.17, 15) is 4.79 Å². The number of carbonyl (C=O) groups excluding carboxylic acids is 1. The number of benzene rings is 2. The Labute approximate surface area is 234 Å². The van der Waals surface area contributed by atoms with Gasteiger partial charge in [-0.05, 0) is 74.3 Å². The van der Waals surface area contributed by atoms with Gasteiger partial charge in [-0.15, -0.1) is 0 Å². The molecule has 0 saturated carbocycles. The van der Waals surface area contributed by atoms with Gasteiger partial charge in [0.2, 0.25) is 0 Å². The molecule has 0 saturated heterocycles. The summed E-state index contributed by atoms with van der Waals surface area (Å²) in [6.45, 7) is 8.12. The standard InChI is InChI=1S/C30H34N4O4S/c1-5-20-10-8-11-21(6-2)28(20)32-29(39)34-33-25-17-30(4,22-12-9-15-31-18-22)38-26-14-13-23(16-24(25)26)37-19-27(35)36-7-3/h8-16,18H,5-7,17,19H2,1-4H3,(H2,32,34,39)/b33-25-/t30-/m0/s1. The highest BCUT2D eigenvalue weighted by Gasteiger charge is 2.37. The van der Waals surface area contributed by atoms with Gasteiger partial charge in [-0.2, -0.15) is 5.10 Å². The topological polar surface area (TPSA) is 94.1 Å². The fourth-order valence-corrected chi connectivity index (χ4v) is 4.70. The van der Waals surface area contributed by atoms with Gasteiger partial charge < -0.3 is 19.5 Å². The molecule has 1 aliphatic heterocycles. The molecule has 0 unspecified atom stereocenters. The van der Waals surface area contributed by atoms with E-state index >= 15 is 0 Å². The molecule has 204 valence electrons. The van der Waals surface area contributed by atoms with Gasteiger partial charge in [0.15, 0.2) is 11.7 Å². The number of hydrogen-bond donors (Lipinski definition) is 2. The van der Waals surface area contributed by atoms with Crippen LogP contribution in [0.4, 0.5) is 5.69 Å². The first-order valence-corrected chi connectivity index (χ1v) is 13.5. The maximum Gasteiger partial charge on any atom is 0.344 e. The molecular formula is C30H34N4O4S. The fourth-order valence-electron chi connectivity index (χ4n) is 4.55. The highest BCUT2D eigenvalue weighted by Crippen LogP contribution is 2.40. The summed E-state index contributed by atoms with van der Waals surface area (Å²) in [6.07, 6.45) is 5.75. The van der Waals surface area contributed by atoms with Gasteiger partial charge in [-0.25, -0.2) is 4.79 Å². The Morgan fingerprint density at radius 1 is 1.13 bits per heavy atom. The van der Waals surface area contributed by atoms with E-state index in [-0.39, 0.29) is 6.61 Å². The number of hydrazone groups is 1. The molecular weight excluding hydrogens is 512 g/mol. The van der Waals surface area contributed by atoms with E-state index in [1.54, 1.807) is 25.4 Å². The van der Waals surface area contributed by atoms with Crippen LogP contribution in [0, 0.1) is 0 Å². The number of rotatable bonds is 9. The van der Waals surface area contributed by atoms with E-state index < -0.39 is 11.6 Å². The molecule has 39 heavy (non-hydrogen) atoms. The van der Waals surface area contributed by atoms with E-state index in [0.29, 0.717) is 29.6 Å². The van der Waals surface area contributed by atoms with Gasteiger partial charge in [0.25, 0.3) is 0 Å². The molecule has 2 aromatic carbocycles. The molecule has 1 atom stereocenters. The lowest BCUT2D eigenvalue weighted by molar-refractivity contribution is -0.145. The predicted molar refractivity (Wildman–Crippen MR) is 156 cm³/mol. The van der Waals surface area contributed by atoms with E-state index in [2.05, 4.69) is 47.8 Å². The monoisotopic (exact) mass is 546 g/mol. The Morgan fingerprint density at radius 3 is 2.56 bits per heavy atom. The largest absolute Gasteiger partial charge is 0.482 e. The molecule has 3 aromatic rings. The zero-order valence-corrected chi connectivity index (χ0v) is 23.6. The van der Waals surface area contributed by atoms with Crippen molar-refractivity contribution < 1.29 is 19.0 Å². The van der Waals surface area contributed by atoms with Crippen LogP contribution in [0.3, 0.4) is 0 Å². The van der Waals surface area contributed by atoms with Crippen LogP contribution in [-0.2, 0) is 28.0 Å². The van der Waals surface area contributed by atoms with E-state index in [4.69, 9.17) is 31.5 Å². The van der Waals surface area contributed by atoms with Crippen LogP contribution >= 0.6 is 12.2 Å². The highest BCUT2D eigenvalue weighted by atomic mass is 32.1. The van der Waals surface area contributed by atoms with Crippen LogP contribution in [0.1, 0.15) is 56.4 Å². The molecule has 8 nitrogen and oxygen atoms in total. The zero-order chi connectivity index (χ0) is 27.8. The molecule has 1 aliphatic rings. The summed E-state index contributed by atoms with van der Waals surface area (Å²) in [6, 6.07) is 15.5. The van der Waals surface area contributed by atoms with E-state index in [0.717, 1.165) is 35.4 Å². The molecule has 9 heteroatoms. The Balaban J connectivity index is 1.63. The van der Waals surface area contributed by atoms with Gasteiger partial charge >= 0.3 is 5.97 Å². The van der Waals surface area contributed by atoms with E-state index in [1.165, 1.54) is 11.1 Å². The highest BCUT2D eigenvalue weighted by molar-refractivity contribution is 7.80. The number of thiocarbonyl (C=S) groups is 1. The van der Waals surface area contributed by atoms with Gasteiger partial charge in [0, 0.05) is 35.6 Å². The number of para-hydroxylation sites is 1. The van der Waals surface area contributed by atoms with Crippen molar-refractivity contribution in [2.45, 2.75) is 52.6 Å². The molecule has 0 aliphatic carbocycles. The number of nitrogens with one attached hydrogen (secondary N) is 2. The van der Waals surface area contributed by atoms with Crippen molar-refractivity contribution in [1.29, 1.82) is 0 Å². The van der Waals surface area contributed by atoms with Crippen LogP contribution in [0.5, 0.6) is 11.5 Å². The van der Waals surface area contributed by atoms with Crippen LogP contribution < -0.4 is 20.2 Å². The first-order valence-electron chi connectivity index (χ1n) is 13.1. The first kappa shape index (κ1) is 28.0. The zero-order valence-electron chi connectivity index (χ0n) is 22.7. The van der Waals surface area contributed by atoms with Crippen molar-refractivity contribution in [3.63, 3.8) is 0 Å². The molecule has 0 spiro atoms. The Kier molecular flexibility index (Phi) is 9.14. The quantitative estimate of drug-likeness (QED) is 0.205. The number of fused-ring (bicyclic) bond motifs is 1. The number of aromatic nitrogens is 1. The van der Waals surface area contributed by atoms with Gasteiger partial charge in [0.1, 0.15) is 17.1 Å². The van der Waals surface area contributed by atoms with Crippen molar-refractivity contribution in [2.75, 3.05) is 18.5 Å². The number of esters is 1. The molecule has 0 fully saturated rings. The lowest BCUT2D eigenvalue weighted by Gasteiger charge is -2.36. The number of hydrogen-bond acceptors (Lipinski definition) is 7. The molecule has 0 amide bonds. The third kappa shape index (κ3) is 6.72. The second-order valence-electron chi connectivity index (χ2n) is 9.29. The maximum absolute atomic E-state index is 11.8. The lowest BCUT2D eigenvalue weighted by atomic mass is 9.86. The Hall–Kier alpha value is -3.98. The molecule has 2 N–H and O–H groups in total. The maximum atomic E-state index is 11.8. The average Bonchev–Trinajstić information content (AvgIpc) is 2.95. The minimum Gasteiger partial charge on any atom is -0.482 e. The normalized spacial score (nSPS) is 17.1. The molecule has 2 heterocycles. The van der Waals surface area contributed by atoms with Crippen LogP contribution in [0.15, 0.2) is 66.0 Å². The molecule has 1 aromatic heterocycles. The number of ether oxygens (including phenoxy) is 3. The van der Waals surface area contributed by atoms with Gasteiger partial charge in [0.05, 0.1) is 12.3 Å². The summed E-state index contributed by atoms with van der Waals surface area (Å²) in [5.74, 6) is 0.717. The summed E-state index contributed by atoms with van der Waals surface area (Å²) in [5, 5.41) is 8.48. The third-order valence-corrected chi connectivity index (χ3v) is 6.76. The van der Waals surface area contributed by atoms with Crippen LogP contribution in [0.25, 0.3) is 0 Å². The number of carbonyl (C=O) groups is 1. The number of aryl methyl sites for hydroxylation is 2. The van der Waals surface area contributed by atoms with E-state index in [1.807, 2.05) is 31.2 Å². The molecule has 4 rings (SSSR count). The summed E-state index contributed by atoms with van der Waals surface area (Å²) in [5.41, 5.74) is 8.14. The number of pyridine rings is 1. The minimum absolute atomic E-state index is 0.184. The Bertz CT molecular complexity index is 1340. The predicted octanol–water partition coefficient (Wildman–Crippen LogP) is 5.54. The average molecular weight is 547 g/mol. The number of anilines is 1. The SMILES string of the molecule is CCOC(=O)COc1ccc2c(c1)/C(=N\NC(=S)Nc1c(CC)cccc1CC)C[C@@](C)(c1cccnc1)O2.